The second kappa shape index (κ2) is 6.15. The monoisotopic (exact) mass is 305 g/mol. The minimum Gasteiger partial charge on any atom is -0.395 e. The Labute approximate surface area is 116 Å². The fourth-order valence-corrected chi connectivity index (χ4v) is 4.28. The molecule has 112 valence electrons. The SMILES string of the molecule is O=S1(=O)CCC(N(CCO)Cc2cc(F)cc(F)c2)C1. The summed E-state index contributed by atoms with van der Waals surface area (Å²) in [5.74, 6) is -1.17. The highest BCUT2D eigenvalue weighted by molar-refractivity contribution is 7.91. The zero-order valence-electron chi connectivity index (χ0n) is 10.9. The summed E-state index contributed by atoms with van der Waals surface area (Å²) in [4.78, 5) is 1.76. The maximum atomic E-state index is 13.2. The van der Waals surface area contributed by atoms with Crippen LogP contribution in [0.2, 0.25) is 0 Å². The molecule has 4 nitrogen and oxygen atoms in total. The van der Waals surface area contributed by atoms with Crippen molar-refractivity contribution in [3.8, 4) is 0 Å². The van der Waals surface area contributed by atoms with Crippen LogP contribution in [0.4, 0.5) is 8.78 Å². The molecule has 1 atom stereocenters. The highest BCUT2D eigenvalue weighted by Gasteiger charge is 2.32. The number of rotatable bonds is 5. The van der Waals surface area contributed by atoms with Gasteiger partial charge >= 0.3 is 0 Å². The van der Waals surface area contributed by atoms with Gasteiger partial charge in [-0.05, 0) is 24.1 Å². The molecule has 0 bridgehead atoms. The van der Waals surface area contributed by atoms with E-state index in [2.05, 4.69) is 0 Å². The van der Waals surface area contributed by atoms with Gasteiger partial charge in [0.15, 0.2) is 9.84 Å². The molecule has 7 heteroatoms. The Morgan fingerprint density at radius 1 is 1.25 bits per heavy atom. The molecule has 0 aliphatic carbocycles. The van der Waals surface area contributed by atoms with E-state index in [4.69, 9.17) is 5.11 Å². The molecule has 20 heavy (non-hydrogen) atoms. The van der Waals surface area contributed by atoms with Crippen LogP contribution in [0.3, 0.4) is 0 Å². The molecule has 1 aromatic rings. The standard InChI is InChI=1S/C13H17F2NO3S/c14-11-5-10(6-12(15)7-11)8-16(2-3-17)13-1-4-20(18,19)9-13/h5-7,13,17H,1-4,8-9H2. The number of nitrogens with zero attached hydrogens (tertiary/aromatic N) is 1. The Morgan fingerprint density at radius 3 is 2.40 bits per heavy atom. The summed E-state index contributed by atoms with van der Waals surface area (Å²) >= 11 is 0. The predicted molar refractivity (Wildman–Crippen MR) is 70.9 cm³/mol. The highest BCUT2D eigenvalue weighted by Crippen LogP contribution is 2.20. The number of aliphatic hydroxyl groups is 1. The molecule has 0 saturated carbocycles. The Balaban J connectivity index is 2.13. The van der Waals surface area contributed by atoms with E-state index in [9.17, 15) is 17.2 Å². The number of sulfone groups is 1. The molecular weight excluding hydrogens is 288 g/mol. The third-order valence-corrected chi connectivity index (χ3v) is 5.17. The summed E-state index contributed by atoms with van der Waals surface area (Å²) in [5, 5.41) is 9.08. The first-order valence-electron chi connectivity index (χ1n) is 6.40. The summed E-state index contributed by atoms with van der Waals surface area (Å²) in [6.07, 6.45) is 0.486. The van der Waals surface area contributed by atoms with Gasteiger partial charge < -0.3 is 5.11 Å². The molecule has 0 radical (unpaired) electrons. The zero-order valence-corrected chi connectivity index (χ0v) is 11.7. The Bertz CT molecular complexity index is 557. The number of hydrogen-bond acceptors (Lipinski definition) is 4. The van der Waals surface area contributed by atoms with Crippen molar-refractivity contribution in [1.82, 2.24) is 4.90 Å². The summed E-state index contributed by atoms with van der Waals surface area (Å²) in [5.41, 5.74) is 0.431. The Hall–Kier alpha value is -1.05. The Kier molecular flexibility index (Phi) is 4.72. The van der Waals surface area contributed by atoms with Gasteiger partial charge in [-0.15, -0.1) is 0 Å². The third-order valence-electron chi connectivity index (χ3n) is 3.42. The lowest BCUT2D eigenvalue weighted by atomic mass is 10.1. The van der Waals surface area contributed by atoms with Gasteiger partial charge in [-0.2, -0.15) is 0 Å². The van der Waals surface area contributed by atoms with Crippen molar-refractivity contribution in [2.24, 2.45) is 0 Å². The fourth-order valence-electron chi connectivity index (χ4n) is 2.52. The summed E-state index contributed by atoms with van der Waals surface area (Å²) in [6, 6.07) is 3.02. The largest absolute Gasteiger partial charge is 0.395 e. The van der Waals surface area contributed by atoms with Gasteiger partial charge in [0.25, 0.3) is 0 Å². The highest BCUT2D eigenvalue weighted by atomic mass is 32.2. The van der Waals surface area contributed by atoms with E-state index >= 15 is 0 Å². The fraction of sp³-hybridized carbons (Fsp3) is 0.538. The smallest absolute Gasteiger partial charge is 0.151 e. The molecule has 1 aliphatic rings. The van der Waals surface area contributed by atoms with Crippen LogP contribution in [0.1, 0.15) is 12.0 Å². The first-order valence-corrected chi connectivity index (χ1v) is 8.22. The summed E-state index contributed by atoms with van der Waals surface area (Å²) in [7, 11) is -3.04. The summed E-state index contributed by atoms with van der Waals surface area (Å²) in [6.45, 7) is 0.363. The van der Waals surface area contributed by atoms with E-state index < -0.39 is 21.5 Å². The number of aliphatic hydroxyl groups excluding tert-OH is 1. The van der Waals surface area contributed by atoms with Crippen LogP contribution in [-0.2, 0) is 16.4 Å². The van der Waals surface area contributed by atoms with Crippen LogP contribution in [0.25, 0.3) is 0 Å². The van der Waals surface area contributed by atoms with Crippen molar-refractivity contribution in [2.45, 2.75) is 19.0 Å². The minimum atomic E-state index is -3.04. The predicted octanol–water partition coefficient (Wildman–Crippen LogP) is 0.946. The van der Waals surface area contributed by atoms with E-state index in [0.29, 0.717) is 12.0 Å². The lowest BCUT2D eigenvalue weighted by molar-refractivity contribution is 0.153. The van der Waals surface area contributed by atoms with Crippen molar-refractivity contribution < 1.29 is 22.3 Å². The second-order valence-electron chi connectivity index (χ2n) is 5.03. The maximum absolute atomic E-state index is 13.2. The van der Waals surface area contributed by atoms with Crippen LogP contribution in [0.5, 0.6) is 0 Å². The van der Waals surface area contributed by atoms with Crippen LogP contribution >= 0.6 is 0 Å². The van der Waals surface area contributed by atoms with Crippen molar-refractivity contribution in [3.63, 3.8) is 0 Å². The molecule has 1 aliphatic heterocycles. The first-order chi connectivity index (χ1) is 9.39. The van der Waals surface area contributed by atoms with Crippen molar-refractivity contribution >= 4 is 9.84 Å². The first kappa shape index (κ1) is 15.3. The maximum Gasteiger partial charge on any atom is 0.151 e. The van der Waals surface area contributed by atoms with E-state index in [1.165, 1.54) is 12.1 Å². The second-order valence-corrected chi connectivity index (χ2v) is 7.26. The lowest BCUT2D eigenvalue weighted by Crippen LogP contribution is -2.37. The number of hydrogen-bond donors (Lipinski definition) is 1. The van der Waals surface area contributed by atoms with E-state index in [1.807, 2.05) is 0 Å². The van der Waals surface area contributed by atoms with Crippen molar-refractivity contribution in [2.75, 3.05) is 24.7 Å². The Morgan fingerprint density at radius 2 is 1.90 bits per heavy atom. The van der Waals surface area contributed by atoms with Gasteiger partial charge in [-0.3, -0.25) is 4.90 Å². The van der Waals surface area contributed by atoms with Gasteiger partial charge in [0.2, 0.25) is 0 Å². The lowest BCUT2D eigenvalue weighted by Gasteiger charge is -2.27. The molecule has 1 saturated heterocycles. The van der Waals surface area contributed by atoms with Crippen LogP contribution in [0, 0.1) is 11.6 Å². The molecule has 1 unspecified atom stereocenters. The van der Waals surface area contributed by atoms with E-state index in [0.717, 1.165) is 6.07 Å². The number of halogens is 2. The summed E-state index contributed by atoms with van der Waals surface area (Å²) < 4.78 is 49.3. The molecule has 0 spiro atoms. The van der Waals surface area contributed by atoms with Gasteiger partial charge in [0.1, 0.15) is 11.6 Å². The van der Waals surface area contributed by atoms with Gasteiger partial charge in [0, 0.05) is 25.2 Å². The normalized spacial score (nSPS) is 21.5. The zero-order chi connectivity index (χ0) is 14.8. The molecule has 1 N–H and O–H groups in total. The number of benzene rings is 1. The molecular formula is C13H17F2NO3S. The molecule has 1 fully saturated rings. The minimum absolute atomic E-state index is 0.0325. The molecule has 1 heterocycles. The topological polar surface area (TPSA) is 57.6 Å². The van der Waals surface area contributed by atoms with Crippen LogP contribution in [0.15, 0.2) is 18.2 Å². The van der Waals surface area contributed by atoms with Gasteiger partial charge in [0.05, 0.1) is 18.1 Å². The van der Waals surface area contributed by atoms with Crippen molar-refractivity contribution in [3.05, 3.63) is 35.4 Å². The molecule has 1 aromatic carbocycles. The average Bonchev–Trinajstić information content (AvgIpc) is 2.68. The van der Waals surface area contributed by atoms with E-state index in [1.54, 1.807) is 4.90 Å². The van der Waals surface area contributed by atoms with Gasteiger partial charge in [-0.1, -0.05) is 0 Å². The van der Waals surface area contributed by atoms with E-state index in [-0.39, 0.29) is 37.2 Å². The van der Waals surface area contributed by atoms with Crippen molar-refractivity contribution in [1.29, 1.82) is 0 Å². The average molecular weight is 305 g/mol. The van der Waals surface area contributed by atoms with Gasteiger partial charge in [-0.25, -0.2) is 17.2 Å². The molecule has 0 aromatic heterocycles. The quantitative estimate of drug-likeness (QED) is 0.880. The van der Waals surface area contributed by atoms with Crippen LogP contribution < -0.4 is 0 Å². The van der Waals surface area contributed by atoms with Crippen LogP contribution in [-0.4, -0.2) is 49.1 Å². The third kappa shape index (κ3) is 3.97. The molecule has 0 amide bonds. The molecule has 2 rings (SSSR count).